The van der Waals surface area contributed by atoms with Gasteiger partial charge in [-0.3, -0.25) is 9.88 Å². The fourth-order valence-corrected chi connectivity index (χ4v) is 4.59. The highest BCUT2D eigenvalue weighted by Crippen LogP contribution is 2.28. The molecule has 0 saturated carbocycles. The Morgan fingerprint density at radius 2 is 1.80 bits per heavy atom. The summed E-state index contributed by atoms with van der Waals surface area (Å²) in [6.45, 7) is 6.17. The van der Waals surface area contributed by atoms with Gasteiger partial charge in [0.2, 0.25) is 0 Å². The monoisotopic (exact) mass is 356 g/mol. The van der Waals surface area contributed by atoms with Gasteiger partial charge in [0.25, 0.3) is 10.0 Å². The molecule has 1 aromatic heterocycles. The Bertz CT molecular complexity index is 932. The van der Waals surface area contributed by atoms with Crippen molar-refractivity contribution in [3.05, 3.63) is 59.4 Å². The van der Waals surface area contributed by atoms with Crippen LogP contribution in [0.4, 0.5) is 0 Å². The molecular weight excluding hydrogens is 336 g/mol. The normalized spacial score (nSPS) is 19.6. The molecule has 6 nitrogen and oxygen atoms in total. The van der Waals surface area contributed by atoms with Crippen LogP contribution in [0.2, 0.25) is 0 Å². The first-order chi connectivity index (χ1) is 12.0. The third-order valence-electron chi connectivity index (χ3n) is 4.79. The number of nitrogens with zero attached hydrogens (tertiary/aromatic N) is 4. The van der Waals surface area contributed by atoms with E-state index in [4.69, 9.17) is 0 Å². The van der Waals surface area contributed by atoms with E-state index in [0.717, 1.165) is 44.0 Å². The molecule has 2 aliphatic heterocycles. The molecule has 1 fully saturated rings. The lowest BCUT2D eigenvalue weighted by Crippen LogP contribution is -2.48. The highest BCUT2D eigenvalue weighted by Gasteiger charge is 2.32. The summed E-state index contributed by atoms with van der Waals surface area (Å²) in [4.78, 5) is 9.11. The molecule has 0 aliphatic carbocycles. The molecule has 0 amide bonds. The van der Waals surface area contributed by atoms with Gasteiger partial charge >= 0.3 is 0 Å². The Kier molecular flexibility index (Phi) is 4.05. The van der Waals surface area contributed by atoms with Crippen LogP contribution in [0.1, 0.15) is 16.8 Å². The predicted molar refractivity (Wildman–Crippen MR) is 96.0 cm³/mol. The zero-order valence-corrected chi connectivity index (χ0v) is 14.9. The Morgan fingerprint density at radius 3 is 2.56 bits per heavy atom. The molecule has 25 heavy (non-hydrogen) atoms. The summed E-state index contributed by atoms with van der Waals surface area (Å²) in [7, 11) is -3.55. The molecule has 4 rings (SSSR count). The van der Waals surface area contributed by atoms with Crippen LogP contribution in [-0.4, -0.2) is 55.2 Å². The van der Waals surface area contributed by atoms with Crippen LogP contribution in [-0.2, 0) is 16.6 Å². The van der Waals surface area contributed by atoms with Gasteiger partial charge < -0.3 is 4.90 Å². The van der Waals surface area contributed by atoms with Gasteiger partial charge in [0.05, 0.1) is 0 Å². The number of hydrogen-bond donors (Lipinski definition) is 0. The van der Waals surface area contributed by atoms with Gasteiger partial charge in [-0.05, 0) is 30.7 Å². The van der Waals surface area contributed by atoms with Crippen LogP contribution in [0, 0.1) is 6.92 Å². The topological polar surface area (TPSA) is 65.9 Å². The number of pyridine rings is 1. The molecule has 0 unspecified atom stereocenters. The molecule has 0 spiro atoms. The van der Waals surface area contributed by atoms with E-state index >= 15 is 0 Å². The van der Waals surface area contributed by atoms with Crippen molar-refractivity contribution in [3.63, 3.8) is 0 Å². The van der Waals surface area contributed by atoms with Crippen LogP contribution in [0.15, 0.2) is 51.9 Å². The quantitative estimate of drug-likeness (QED) is 0.819. The summed E-state index contributed by atoms with van der Waals surface area (Å²) < 4.78 is 28.5. The summed E-state index contributed by atoms with van der Waals surface area (Å²) in [6, 6.07) is 11.1. The molecule has 1 aromatic carbocycles. The van der Waals surface area contributed by atoms with Gasteiger partial charge in [-0.15, -0.1) is 4.40 Å². The van der Waals surface area contributed by atoms with Crippen molar-refractivity contribution in [2.24, 2.45) is 4.40 Å². The van der Waals surface area contributed by atoms with Crippen LogP contribution < -0.4 is 0 Å². The van der Waals surface area contributed by atoms with E-state index in [0.29, 0.717) is 10.7 Å². The summed E-state index contributed by atoms with van der Waals surface area (Å²) in [5.41, 5.74) is 3.02. The van der Waals surface area contributed by atoms with E-state index in [2.05, 4.69) is 25.2 Å². The molecule has 0 atom stereocenters. The van der Waals surface area contributed by atoms with E-state index < -0.39 is 10.0 Å². The van der Waals surface area contributed by atoms with Crippen LogP contribution in [0.3, 0.4) is 0 Å². The Labute approximate surface area is 147 Å². The maximum absolute atomic E-state index is 12.2. The van der Waals surface area contributed by atoms with Crippen molar-refractivity contribution in [3.8, 4) is 0 Å². The van der Waals surface area contributed by atoms with E-state index in [1.54, 1.807) is 12.1 Å². The van der Waals surface area contributed by atoms with E-state index in [9.17, 15) is 8.42 Å². The van der Waals surface area contributed by atoms with Crippen molar-refractivity contribution in [1.82, 2.24) is 14.8 Å². The molecule has 1 saturated heterocycles. The lowest BCUT2D eigenvalue weighted by molar-refractivity contribution is 0.175. The SMILES string of the molecule is Cc1ncccc1CN1CCN(C2=NS(=O)(=O)c3ccccc32)CC1. The van der Waals surface area contributed by atoms with Gasteiger partial charge in [0, 0.05) is 50.2 Å². The largest absolute Gasteiger partial charge is 0.353 e. The molecular formula is C18H20N4O2S. The lowest BCUT2D eigenvalue weighted by atomic mass is 10.1. The fraction of sp³-hybridized carbons (Fsp3) is 0.333. The fourth-order valence-electron chi connectivity index (χ4n) is 3.36. The number of aromatic nitrogens is 1. The van der Waals surface area contributed by atoms with Crippen molar-refractivity contribution in [2.75, 3.05) is 26.2 Å². The number of rotatable bonds is 2. The predicted octanol–water partition coefficient (Wildman–Crippen LogP) is 1.66. The second-order valence-electron chi connectivity index (χ2n) is 6.40. The average molecular weight is 356 g/mol. The van der Waals surface area contributed by atoms with Crippen molar-refractivity contribution >= 4 is 15.9 Å². The van der Waals surface area contributed by atoms with Crippen molar-refractivity contribution < 1.29 is 8.42 Å². The number of benzene rings is 1. The Morgan fingerprint density at radius 1 is 1.04 bits per heavy atom. The highest BCUT2D eigenvalue weighted by atomic mass is 32.2. The maximum atomic E-state index is 12.2. The number of piperazine rings is 1. The van der Waals surface area contributed by atoms with Crippen LogP contribution in [0.5, 0.6) is 0 Å². The van der Waals surface area contributed by atoms with Gasteiger partial charge in [0.15, 0.2) is 5.84 Å². The summed E-state index contributed by atoms with van der Waals surface area (Å²) in [5, 5.41) is 0. The molecule has 7 heteroatoms. The molecule has 0 bridgehead atoms. The maximum Gasteiger partial charge on any atom is 0.285 e. The molecule has 130 valence electrons. The number of hydrogen-bond acceptors (Lipinski definition) is 5. The van der Waals surface area contributed by atoms with E-state index in [1.165, 1.54) is 5.56 Å². The van der Waals surface area contributed by atoms with Crippen molar-refractivity contribution in [2.45, 2.75) is 18.4 Å². The number of fused-ring (bicyclic) bond motifs is 1. The van der Waals surface area contributed by atoms with Gasteiger partial charge in [-0.25, -0.2) is 0 Å². The minimum absolute atomic E-state index is 0.318. The summed E-state index contributed by atoms with van der Waals surface area (Å²) >= 11 is 0. The minimum Gasteiger partial charge on any atom is -0.353 e. The zero-order valence-electron chi connectivity index (χ0n) is 14.1. The smallest absolute Gasteiger partial charge is 0.285 e. The highest BCUT2D eigenvalue weighted by molar-refractivity contribution is 7.90. The molecule has 3 heterocycles. The zero-order chi connectivity index (χ0) is 17.4. The average Bonchev–Trinajstić information content (AvgIpc) is 2.90. The third-order valence-corrected chi connectivity index (χ3v) is 6.12. The van der Waals surface area contributed by atoms with Gasteiger partial charge in [-0.1, -0.05) is 18.2 Å². The van der Waals surface area contributed by atoms with Crippen molar-refractivity contribution in [1.29, 1.82) is 0 Å². The first-order valence-corrected chi connectivity index (χ1v) is 9.81. The van der Waals surface area contributed by atoms with Gasteiger partial charge in [0.1, 0.15) is 4.90 Å². The summed E-state index contributed by atoms with van der Waals surface area (Å²) in [5.74, 6) is 0.591. The van der Waals surface area contributed by atoms with Gasteiger partial charge in [-0.2, -0.15) is 8.42 Å². The number of sulfonamides is 1. The third kappa shape index (κ3) is 3.05. The second kappa shape index (κ2) is 6.24. The Hall–Kier alpha value is -2.25. The number of aryl methyl sites for hydroxylation is 1. The molecule has 2 aliphatic rings. The first kappa shape index (κ1) is 16.2. The molecule has 2 aromatic rings. The standard InChI is InChI=1S/C18H20N4O2S/c1-14-15(5-4-8-19-14)13-21-9-11-22(12-10-21)18-16-6-2-3-7-17(16)25(23,24)20-18/h2-8H,9-13H2,1H3. The minimum atomic E-state index is -3.55. The van der Waals surface area contributed by atoms with Crippen LogP contribution >= 0.6 is 0 Å². The summed E-state index contributed by atoms with van der Waals surface area (Å²) in [6.07, 6.45) is 1.81. The Balaban J connectivity index is 1.47. The number of amidine groups is 1. The van der Waals surface area contributed by atoms with E-state index in [-0.39, 0.29) is 0 Å². The lowest BCUT2D eigenvalue weighted by Gasteiger charge is -2.36. The van der Waals surface area contributed by atoms with Crippen LogP contribution in [0.25, 0.3) is 0 Å². The second-order valence-corrected chi connectivity index (χ2v) is 7.97. The first-order valence-electron chi connectivity index (χ1n) is 8.37. The van der Waals surface area contributed by atoms with E-state index in [1.807, 2.05) is 31.3 Å². The molecule has 0 N–H and O–H groups in total. The molecule has 0 radical (unpaired) electrons.